The molecule has 1 aliphatic heterocycles. The van der Waals surface area contributed by atoms with Crippen molar-refractivity contribution in [3.05, 3.63) is 60.0 Å². The van der Waals surface area contributed by atoms with Gasteiger partial charge in [0.1, 0.15) is 23.7 Å². The summed E-state index contributed by atoms with van der Waals surface area (Å²) in [6.45, 7) is 5.99. The second-order valence-corrected chi connectivity index (χ2v) is 8.56. The molecule has 1 aliphatic rings. The van der Waals surface area contributed by atoms with E-state index in [0.29, 0.717) is 28.8 Å². The average molecular weight is 479 g/mol. The largest absolute Gasteiger partial charge is 0.383 e. The summed E-state index contributed by atoms with van der Waals surface area (Å²) in [5.74, 6) is 1.07. The van der Waals surface area contributed by atoms with Gasteiger partial charge >= 0.3 is 0 Å². The highest BCUT2D eigenvalue weighted by Crippen LogP contribution is 2.32. The van der Waals surface area contributed by atoms with Crippen molar-refractivity contribution in [3.63, 3.8) is 0 Å². The van der Waals surface area contributed by atoms with Crippen molar-refractivity contribution in [1.82, 2.24) is 30.0 Å². The van der Waals surface area contributed by atoms with Gasteiger partial charge in [-0.25, -0.2) is 19.6 Å². The van der Waals surface area contributed by atoms with Gasteiger partial charge < -0.3 is 16.4 Å². The predicted molar refractivity (Wildman–Crippen MR) is 135 cm³/mol. The van der Waals surface area contributed by atoms with Crippen LogP contribution < -0.4 is 16.4 Å². The lowest BCUT2D eigenvalue weighted by Gasteiger charge is -2.09. The SMILES string of the molecule is CC(C)c1ccnc(NC(=O)c2ccc(-c3nn([C@@H]4CCNC4)c4ncnc(N)c34)cc2)c1.Cl. The number of hydrogen-bond acceptors (Lipinski definition) is 7. The Morgan fingerprint density at radius 2 is 1.97 bits per heavy atom. The number of carbonyl (C=O) groups is 1. The zero-order valence-electron chi connectivity index (χ0n) is 19.0. The van der Waals surface area contributed by atoms with Gasteiger partial charge in [-0.1, -0.05) is 26.0 Å². The first-order chi connectivity index (χ1) is 16.0. The molecule has 4 N–H and O–H groups in total. The molecule has 3 aromatic heterocycles. The fraction of sp³-hybridized carbons (Fsp3) is 0.292. The molecule has 10 heteroatoms. The molecule has 9 nitrogen and oxygen atoms in total. The lowest BCUT2D eigenvalue weighted by Crippen LogP contribution is -2.15. The molecular formula is C24H27ClN8O. The fourth-order valence-electron chi connectivity index (χ4n) is 4.14. The number of nitrogens with two attached hydrogens (primary N) is 1. The molecule has 0 spiro atoms. The van der Waals surface area contributed by atoms with Gasteiger partial charge in [0.2, 0.25) is 0 Å². The maximum Gasteiger partial charge on any atom is 0.256 e. The Bertz CT molecular complexity index is 1310. The number of carbonyl (C=O) groups excluding carboxylic acids is 1. The number of amides is 1. The molecule has 1 atom stereocenters. The lowest BCUT2D eigenvalue weighted by molar-refractivity contribution is 0.102. The number of aromatic nitrogens is 5. The molecule has 0 aliphatic carbocycles. The second-order valence-electron chi connectivity index (χ2n) is 8.56. The van der Waals surface area contributed by atoms with Crippen LogP contribution in [0.1, 0.15) is 48.1 Å². The quantitative estimate of drug-likeness (QED) is 0.398. The number of nitrogens with one attached hydrogen (secondary N) is 2. The standard InChI is InChI=1S/C24H26N8O.ClH/c1-14(2)17-7-10-27-19(11-17)30-24(33)16-5-3-15(4-6-16)21-20-22(25)28-13-29-23(20)32(31-21)18-8-9-26-12-18;/h3-7,10-11,13-14,18,26H,8-9,12H2,1-2H3,(H2,25,28,29)(H,27,30,33);1H/t18-;/m1./s1. The minimum absolute atomic E-state index is 0. The number of fused-ring (bicyclic) bond motifs is 1. The highest BCUT2D eigenvalue weighted by Gasteiger charge is 2.24. The van der Waals surface area contributed by atoms with E-state index in [-0.39, 0.29) is 24.4 Å². The van der Waals surface area contributed by atoms with Crippen molar-refractivity contribution in [2.75, 3.05) is 24.1 Å². The van der Waals surface area contributed by atoms with Crippen LogP contribution >= 0.6 is 12.4 Å². The summed E-state index contributed by atoms with van der Waals surface area (Å²) in [5, 5.41) is 11.8. The molecule has 0 saturated carbocycles. The van der Waals surface area contributed by atoms with Gasteiger partial charge in [-0.3, -0.25) is 4.79 Å². The fourth-order valence-corrected chi connectivity index (χ4v) is 4.14. The third-order valence-electron chi connectivity index (χ3n) is 6.01. The first kappa shape index (κ1) is 23.6. The van der Waals surface area contributed by atoms with Gasteiger partial charge in [0, 0.05) is 23.9 Å². The third kappa shape index (κ3) is 4.44. The van der Waals surface area contributed by atoms with Crippen LogP contribution in [-0.4, -0.2) is 43.7 Å². The van der Waals surface area contributed by atoms with E-state index in [9.17, 15) is 4.79 Å². The van der Waals surface area contributed by atoms with Gasteiger partial charge in [-0.15, -0.1) is 12.4 Å². The topological polar surface area (TPSA) is 124 Å². The maximum atomic E-state index is 12.8. The van der Waals surface area contributed by atoms with E-state index in [4.69, 9.17) is 10.8 Å². The van der Waals surface area contributed by atoms with E-state index in [0.717, 1.165) is 41.7 Å². The van der Waals surface area contributed by atoms with Crippen molar-refractivity contribution >= 4 is 41.0 Å². The lowest BCUT2D eigenvalue weighted by atomic mass is 10.0. The first-order valence-electron chi connectivity index (χ1n) is 11.1. The Hall–Kier alpha value is -3.56. The number of pyridine rings is 1. The Morgan fingerprint density at radius 3 is 2.68 bits per heavy atom. The van der Waals surface area contributed by atoms with Crippen molar-refractivity contribution in [2.24, 2.45) is 0 Å². The van der Waals surface area contributed by atoms with E-state index in [1.54, 1.807) is 18.3 Å². The normalized spacial score (nSPS) is 15.4. The molecule has 1 saturated heterocycles. The number of anilines is 2. The molecule has 1 aromatic carbocycles. The molecule has 0 bridgehead atoms. The number of hydrogen-bond donors (Lipinski definition) is 3. The van der Waals surface area contributed by atoms with E-state index >= 15 is 0 Å². The van der Waals surface area contributed by atoms with Crippen molar-refractivity contribution in [3.8, 4) is 11.3 Å². The molecule has 4 heterocycles. The molecule has 0 unspecified atom stereocenters. The highest BCUT2D eigenvalue weighted by molar-refractivity contribution is 6.04. The maximum absolute atomic E-state index is 12.8. The smallest absolute Gasteiger partial charge is 0.256 e. The molecule has 34 heavy (non-hydrogen) atoms. The van der Waals surface area contributed by atoms with Gasteiger partial charge in [-0.05, 0) is 48.7 Å². The summed E-state index contributed by atoms with van der Waals surface area (Å²) >= 11 is 0. The Labute approximate surface area is 203 Å². The third-order valence-corrected chi connectivity index (χ3v) is 6.01. The van der Waals surface area contributed by atoms with Gasteiger partial charge in [0.05, 0.1) is 11.4 Å². The Balaban J connectivity index is 0.00000274. The molecule has 4 aromatic rings. The van der Waals surface area contributed by atoms with Gasteiger partial charge in [0.15, 0.2) is 5.65 Å². The molecule has 5 rings (SSSR count). The number of benzene rings is 1. The summed E-state index contributed by atoms with van der Waals surface area (Å²) in [6, 6.07) is 11.4. The zero-order valence-corrected chi connectivity index (χ0v) is 19.8. The van der Waals surface area contributed by atoms with E-state index in [1.807, 2.05) is 28.9 Å². The summed E-state index contributed by atoms with van der Waals surface area (Å²) in [4.78, 5) is 25.7. The van der Waals surface area contributed by atoms with Crippen LogP contribution in [0.4, 0.5) is 11.6 Å². The van der Waals surface area contributed by atoms with E-state index < -0.39 is 0 Å². The van der Waals surface area contributed by atoms with E-state index in [2.05, 4.69) is 39.4 Å². The second kappa shape index (κ2) is 9.74. The number of nitrogens with zero attached hydrogens (tertiary/aromatic N) is 5. The van der Waals surface area contributed by atoms with Gasteiger partial charge in [-0.2, -0.15) is 5.10 Å². The van der Waals surface area contributed by atoms with E-state index in [1.165, 1.54) is 6.33 Å². The minimum atomic E-state index is -0.217. The monoisotopic (exact) mass is 478 g/mol. The summed E-state index contributed by atoms with van der Waals surface area (Å²) in [6.07, 6.45) is 4.16. The minimum Gasteiger partial charge on any atom is -0.383 e. The highest BCUT2D eigenvalue weighted by atomic mass is 35.5. The predicted octanol–water partition coefficient (Wildman–Crippen LogP) is 3.80. The molecule has 0 radical (unpaired) electrons. The van der Waals surface area contributed by atoms with Crippen LogP contribution in [0.25, 0.3) is 22.3 Å². The first-order valence-corrected chi connectivity index (χ1v) is 11.1. The van der Waals surface area contributed by atoms with Crippen LogP contribution in [0.2, 0.25) is 0 Å². The van der Waals surface area contributed by atoms with Crippen molar-refractivity contribution in [2.45, 2.75) is 32.2 Å². The van der Waals surface area contributed by atoms with Gasteiger partial charge in [0.25, 0.3) is 5.91 Å². The number of halogens is 1. The van der Waals surface area contributed by atoms with Crippen LogP contribution in [0, 0.1) is 0 Å². The molecule has 1 amide bonds. The van der Waals surface area contributed by atoms with Crippen molar-refractivity contribution < 1.29 is 4.79 Å². The summed E-state index contributed by atoms with van der Waals surface area (Å²) < 4.78 is 1.94. The average Bonchev–Trinajstić information content (AvgIpc) is 3.48. The molecule has 1 fully saturated rings. The molecule has 176 valence electrons. The zero-order chi connectivity index (χ0) is 22.9. The summed E-state index contributed by atoms with van der Waals surface area (Å²) in [7, 11) is 0. The number of rotatable bonds is 5. The van der Waals surface area contributed by atoms with Crippen LogP contribution in [-0.2, 0) is 0 Å². The Morgan fingerprint density at radius 1 is 1.18 bits per heavy atom. The van der Waals surface area contributed by atoms with Crippen molar-refractivity contribution in [1.29, 1.82) is 0 Å². The summed E-state index contributed by atoms with van der Waals surface area (Å²) in [5.41, 5.74) is 10.2. The molecular weight excluding hydrogens is 452 g/mol. The van der Waals surface area contributed by atoms with Crippen LogP contribution in [0.15, 0.2) is 48.9 Å². The Kier molecular flexibility index (Phi) is 6.76. The van der Waals surface area contributed by atoms with Crippen LogP contribution in [0.3, 0.4) is 0 Å². The number of nitrogen functional groups attached to an aromatic ring is 1. The van der Waals surface area contributed by atoms with Crippen LogP contribution in [0.5, 0.6) is 0 Å².